The smallest absolute Gasteiger partial charge is 0.328 e. The molecule has 0 fully saturated rings. The number of hydrogen-bond donors (Lipinski definition) is 2. The van der Waals surface area contributed by atoms with Crippen molar-refractivity contribution in [1.29, 1.82) is 0 Å². The van der Waals surface area contributed by atoms with E-state index < -0.39 is 5.97 Å². The molecule has 0 spiro atoms. The van der Waals surface area contributed by atoms with Gasteiger partial charge in [-0.25, -0.2) is 4.79 Å². The molecule has 21 heavy (non-hydrogen) atoms. The van der Waals surface area contributed by atoms with Crippen LogP contribution in [-0.2, 0) is 4.79 Å². The number of carbonyl (C=O) groups excluding carboxylic acids is 1. The number of benzene rings is 1. The monoisotopic (exact) mass is 309 g/mol. The number of halogens is 1. The third-order valence-corrected chi connectivity index (χ3v) is 3.32. The van der Waals surface area contributed by atoms with Gasteiger partial charge >= 0.3 is 5.97 Å². The van der Waals surface area contributed by atoms with Crippen molar-refractivity contribution in [2.75, 3.05) is 0 Å². The van der Waals surface area contributed by atoms with E-state index in [1.165, 1.54) is 6.08 Å². The first-order chi connectivity index (χ1) is 9.75. The molecule has 0 radical (unpaired) electrons. The van der Waals surface area contributed by atoms with Gasteiger partial charge in [-0.3, -0.25) is 4.79 Å². The zero-order chi connectivity index (χ0) is 16.0. The van der Waals surface area contributed by atoms with Gasteiger partial charge in [0.2, 0.25) is 0 Å². The standard InChI is InChI=1S/C16H20ClNO3/c1-4-9-16(2,3)18-15(21)12-6-5-11(13(17)10-12)7-8-14(19)20/h5-8,10H,4,9H2,1-3H3,(H,18,21)(H,19,20)/b8-7+. The molecule has 0 aromatic heterocycles. The first-order valence-electron chi connectivity index (χ1n) is 6.78. The molecular formula is C16H20ClNO3. The number of carbonyl (C=O) groups is 2. The highest BCUT2D eigenvalue weighted by molar-refractivity contribution is 6.32. The average Bonchev–Trinajstić information content (AvgIpc) is 2.36. The highest BCUT2D eigenvalue weighted by Gasteiger charge is 2.20. The third kappa shape index (κ3) is 5.60. The molecule has 0 unspecified atom stereocenters. The molecule has 4 nitrogen and oxygen atoms in total. The molecule has 2 N–H and O–H groups in total. The van der Waals surface area contributed by atoms with Gasteiger partial charge in [0, 0.05) is 22.2 Å². The molecule has 1 aromatic rings. The summed E-state index contributed by atoms with van der Waals surface area (Å²) in [5.74, 6) is -1.24. The lowest BCUT2D eigenvalue weighted by atomic mass is 9.98. The molecular weight excluding hydrogens is 290 g/mol. The van der Waals surface area contributed by atoms with Crippen molar-refractivity contribution < 1.29 is 14.7 Å². The summed E-state index contributed by atoms with van der Waals surface area (Å²) in [7, 11) is 0. The Morgan fingerprint density at radius 2 is 2.05 bits per heavy atom. The summed E-state index contributed by atoms with van der Waals surface area (Å²) in [6.45, 7) is 6.01. The molecule has 0 heterocycles. The first-order valence-corrected chi connectivity index (χ1v) is 7.16. The lowest BCUT2D eigenvalue weighted by molar-refractivity contribution is -0.131. The highest BCUT2D eigenvalue weighted by atomic mass is 35.5. The van der Waals surface area contributed by atoms with Crippen LogP contribution in [0.5, 0.6) is 0 Å². The second-order valence-electron chi connectivity index (χ2n) is 5.50. The van der Waals surface area contributed by atoms with E-state index >= 15 is 0 Å². The van der Waals surface area contributed by atoms with E-state index in [-0.39, 0.29) is 11.4 Å². The number of hydrogen-bond acceptors (Lipinski definition) is 2. The zero-order valence-electron chi connectivity index (χ0n) is 12.4. The summed E-state index contributed by atoms with van der Waals surface area (Å²) >= 11 is 6.07. The topological polar surface area (TPSA) is 66.4 Å². The van der Waals surface area contributed by atoms with Crippen LogP contribution in [0.15, 0.2) is 24.3 Å². The van der Waals surface area contributed by atoms with Crippen molar-refractivity contribution in [3.05, 3.63) is 40.4 Å². The third-order valence-electron chi connectivity index (χ3n) is 3.00. The first kappa shape index (κ1) is 17.2. The quantitative estimate of drug-likeness (QED) is 0.787. The van der Waals surface area contributed by atoms with Crippen LogP contribution in [0.3, 0.4) is 0 Å². The minimum Gasteiger partial charge on any atom is -0.478 e. The van der Waals surface area contributed by atoms with Gasteiger partial charge in [-0.05, 0) is 44.0 Å². The van der Waals surface area contributed by atoms with Crippen LogP contribution in [0.2, 0.25) is 5.02 Å². The summed E-state index contributed by atoms with van der Waals surface area (Å²) in [5.41, 5.74) is 0.736. The van der Waals surface area contributed by atoms with Crippen LogP contribution in [-0.4, -0.2) is 22.5 Å². The fourth-order valence-electron chi connectivity index (χ4n) is 2.03. The Hall–Kier alpha value is -1.81. The molecule has 1 aromatic carbocycles. The van der Waals surface area contributed by atoms with E-state index in [1.807, 2.05) is 13.8 Å². The lowest BCUT2D eigenvalue weighted by Gasteiger charge is -2.25. The number of amides is 1. The van der Waals surface area contributed by atoms with Crippen molar-refractivity contribution in [1.82, 2.24) is 5.32 Å². The van der Waals surface area contributed by atoms with Gasteiger partial charge in [0.15, 0.2) is 0 Å². The van der Waals surface area contributed by atoms with Gasteiger partial charge in [0.1, 0.15) is 0 Å². The van der Waals surface area contributed by atoms with E-state index in [4.69, 9.17) is 16.7 Å². The SMILES string of the molecule is CCCC(C)(C)NC(=O)c1ccc(/C=C/C(=O)O)c(Cl)c1. The van der Waals surface area contributed by atoms with Crippen LogP contribution in [0, 0.1) is 0 Å². The van der Waals surface area contributed by atoms with Crippen molar-refractivity contribution in [2.24, 2.45) is 0 Å². The van der Waals surface area contributed by atoms with Gasteiger partial charge in [0.05, 0.1) is 0 Å². The number of nitrogens with one attached hydrogen (secondary N) is 1. The Morgan fingerprint density at radius 1 is 1.38 bits per heavy atom. The largest absolute Gasteiger partial charge is 0.478 e. The zero-order valence-corrected chi connectivity index (χ0v) is 13.2. The minimum atomic E-state index is -1.05. The maximum absolute atomic E-state index is 12.2. The Labute approximate surface area is 129 Å². The lowest BCUT2D eigenvalue weighted by Crippen LogP contribution is -2.43. The number of rotatable bonds is 6. The van der Waals surface area contributed by atoms with Crippen molar-refractivity contribution in [2.45, 2.75) is 39.2 Å². The molecule has 1 rings (SSSR count). The molecule has 1 amide bonds. The van der Waals surface area contributed by atoms with E-state index in [2.05, 4.69) is 12.2 Å². The van der Waals surface area contributed by atoms with Crippen LogP contribution in [0.4, 0.5) is 0 Å². The van der Waals surface area contributed by atoms with Crippen molar-refractivity contribution in [3.8, 4) is 0 Å². The molecule has 0 aliphatic carbocycles. The predicted molar refractivity (Wildman–Crippen MR) is 84.6 cm³/mol. The molecule has 5 heteroatoms. The van der Waals surface area contributed by atoms with Crippen molar-refractivity contribution in [3.63, 3.8) is 0 Å². The Morgan fingerprint density at radius 3 is 2.57 bits per heavy atom. The van der Waals surface area contributed by atoms with Gasteiger partial charge in [0.25, 0.3) is 5.91 Å². The van der Waals surface area contributed by atoms with Gasteiger partial charge in [-0.2, -0.15) is 0 Å². The van der Waals surface area contributed by atoms with E-state index in [0.717, 1.165) is 18.9 Å². The van der Waals surface area contributed by atoms with Gasteiger partial charge in [-0.1, -0.05) is 31.0 Å². The van der Waals surface area contributed by atoms with Crippen LogP contribution >= 0.6 is 11.6 Å². The Bertz CT molecular complexity index is 565. The summed E-state index contributed by atoms with van der Waals surface area (Å²) < 4.78 is 0. The number of carboxylic acids is 1. The van der Waals surface area contributed by atoms with Crippen molar-refractivity contribution >= 4 is 29.6 Å². The second-order valence-corrected chi connectivity index (χ2v) is 5.90. The van der Waals surface area contributed by atoms with E-state index in [1.54, 1.807) is 18.2 Å². The molecule has 114 valence electrons. The van der Waals surface area contributed by atoms with Crippen LogP contribution in [0.25, 0.3) is 6.08 Å². The average molecular weight is 310 g/mol. The summed E-state index contributed by atoms with van der Waals surface area (Å²) in [6.07, 6.45) is 4.26. The number of carboxylic acid groups (broad SMARTS) is 1. The van der Waals surface area contributed by atoms with Crippen LogP contribution < -0.4 is 5.32 Å². The fourth-order valence-corrected chi connectivity index (χ4v) is 2.28. The maximum atomic E-state index is 12.2. The molecule has 0 bridgehead atoms. The highest BCUT2D eigenvalue weighted by Crippen LogP contribution is 2.20. The van der Waals surface area contributed by atoms with Gasteiger partial charge in [-0.15, -0.1) is 0 Å². The predicted octanol–water partition coefficient (Wildman–Crippen LogP) is 3.75. The summed E-state index contributed by atoms with van der Waals surface area (Å²) in [4.78, 5) is 22.7. The molecule has 0 aliphatic heterocycles. The molecule has 0 atom stereocenters. The normalized spacial score (nSPS) is 11.6. The molecule has 0 saturated carbocycles. The Kier molecular flexibility index (Phi) is 5.97. The molecule has 0 saturated heterocycles. The second kappa shape index (κ2) is 7.27. The summed E-state index contributed by atoms with van der Waals surface area (Å²) in [6, 6.07) is 4.80. The minimum absolute atomic E-state index is 0.191. The van der Waals surface area contributed by atoms with E-state index in [9.17, 15) is 9.59 Å². The van der Waals surface area contributed by atoms with Crippen LogP contribution in [0.1, 0.15) is 49.5 Å². The maximum Gasteiger partial charge on any atom is 0.328 e. The number of aliphatic carboxylic acids is 1. The fraction of sp³-hybridized carbons (Fsp3) is 0.375. The Balaban J connectivity index is 2.88. The molecule has 0 aliphatic rings. The summed E-state index contributed by atoms with van der Waals surface area (Å²) in [5, 5.41) is 11.9. The van der Waals surface area contributed by atoms with Gasteiger partial charge < -0.3 is 10.4 Å². The van der Waals surface area contributed by atoms with E-state index in [0.29, 0.717) is 16.1 Å².